The molecule has 0 amide bonds. The number of rotatable bonds is 3. The lowest BCUT2D eigenvalue weighted by Crippen LogP contribution is -2.46. The van der Waals surface area contributed by atoms with Gasteiger partial charge in [0.2, 0.25) is 0 Å². The Balaban J connectivity index is 2.15. The number of aromatic nitrogens is 1. The fraction of sp³-hybridized carbons (Fsp3) is 0.538. The van der Waals surface area contributed by atoms with Crippen molar-refractivity contribution >= 4 is 11.8 Å². The van der Waals surface area contributed by atoms with E-state index in [-0.39, 0.29) is 12.0 Å². The molecular formula is C13H18N2O2. The summed E-state index contributed by atoms with van der Waals surface area (Å²) >= 11 is 0. The molecule has 1 atom stereocenters. The molecule has 1 aromatic heterocycles. The Bertz CT molecular complexity index is 367. The molecule has 0 spiro atoms. The Morgan fingerprint density at radius 1 is 1.53 bits per heavy atom. The molecule has 1 aliphatic heterocycles. The number of pyridine rings is 1. The summed E-state index contributed by atoms with van der Waals surface area (Å²) in [6, 6.07) is 5.60. The molecule has 0 saturated carbocycles. The molecule has 0 aliphatic carbocycles. The molecule has 2 rings (SSSR count). The van der Waals surface area contributed by atoms with Crippen LogP contribution in [0.15, 0.2) is 24.4 Å². The normalized spacial score (nSPS) is 20.1. The monoisotopic (exact) mass is 234 g/mol. The topological polar surface area (TPSA) is 42.4 Å². The molecule has 1 saturated heterocycles. The molecule has 0 aromatic carbocycles. The minimum Gasteiger partial charge on any atom is -0.464 e. The summed E-state index contributed by atoms with van der Waals surface area (Å²) in [5.41, 5.74) is 0. The van der Waals surface area contributed by atoms with Crippen LogP contribution in [0.1, 0.15) is 26.2 Å². The zero-order valence-corrected chi connectivity index (χ0v) is 10.1. The van der Waals surface area contributed by atoms with Gasteiger partial charge in [0.1, 0.15) is 11.9 Å². The van der Waals surface area contributed by atoms with E-state index in [1.807, 2.05) is 25.1 Å². The lowest BCUT2D eigenvalue weighted by atomic mass is 10.0. The summed E-state index contributed by atoms with van der Waals surface area (Å²) < 4.78 is 5.12. The van der Waals surface area contributed by atoms with Crippen molar-refractivity contribution in [2.24, 2.45) is 0 Å². The van der Waals surface area contributed by atoms with Gasteiger partial charge in [0.25, 0.3) is 0 Å². The molecule has 17 heavy (non-hydrogen) atoms. The van der Waals surface area contributed by atoms with Crippen molar-refractivity contribution in [3.8, 4) is 0 Å². The summed E-state index contributed by atoms with van der Waals surface area (Å²) in [6.45, 7) is 3.15. The second-order valence-electron chi connectivity index (χ2n) is 4.14. The maximum absolute atomic E-state index is 11.9. The second-order valence-corrected chi connectivity index (χ2v) is 4.14. The Morgan fingerprint density at radius 2 is 2.41 bits per heavy atom. The third-order valence-electron chi connectivity index (χ3n) is 3.01. The lowest BCUT2D eigenvalue weighted by Gasteiger charge is -2.34. The Morgan fingerprint density at radius 3 is 3.12 bits per heavy atom. The molecule has 1 unspecified atom stereocenters. The number of ether oxygens (including phenoxy) is 1. The number of piperidine rings is 1. The third-order valence-corrected chi connectivity index (χ3v) is 3.01. The van der Waals surface area contributed by atoms with Crippen molar-refractivity contribution in [1.82, 2.24) is 4.98 Å². The number of carbonyl (C=O) groups is 1. The number of hydrogen-bond acceptors (Lipinski definition) is 4. The quantitative estimate of drug-likeness (QED) is 0.750. The van der Waals surface area contributed by atoms with Crippen molar-refractivity contribution in [2.45, 2.75) is 32.2 Å². The van der Waals surface area contributed by atoms with Gasteiger partial charge in [-0.3, -0.25) is 0 Å². The minimum absolute atomic E-state index is 0.127. The summed E-state index contributed by atoms with van der Waals surface area (Å²) in [6.07, 6.45) is 4.79. The number of nitrogens with zero attached hydrogens (tertiary/aromatic N) is 2. The summed E-state index contributed by atoms with van der Waals surface area (Å²) in [5, 5.41) is 0. The second kappa shape index (κ2) is 5.66. The molecule has 4 nitrogen and oxygen atoms in total. The van der Waals surface area contributed by atoms with E-state index >= 15 is 0 Å². The maximum Gasteiger partial charge on any atom is 0.328 e. The third kappa shape index (κ3) is 2.75. The van der Waals surface area contributed by atoms with E-state index in [2.05, 4.69) is 9.88 Å². The predicted octanol–water partition coefficient (Wildman–Crippen LogP) is 2.00. The number of anilines is 1. The van der Waals surface area contributed by atoms with Crippen molar-refractivity contribution in [2.75, 3.05) is 18.1 Å². The van der Waals surface area contributed by atoms with Crippen LogP contribution in [0.2, 0.25) is 0 Å². The first-order chi connectivity index (χ1) is 8.33. The Kier molecular flexibility index (Phi) is 3.96. The molecule has 1 aliphatic rings. The highest BCUT2D eigenvalue weighted by atomic mass is 16.5. The van der Waals surface area contributed by atoms with Crippen molar-refractivity contribution in [1.29, 1.82) is 0 Å². The van der Waals surface area contributed by atoms with Gasteiger partial charge in [0.05, 0.1) is 6.61 Å². The molecule has 1 aromatic rings. The fourth-order valence-electron chi connectivity index (χ4n) is 2.21. The Labute approximate surface area is 102 Å². The molecular weight excluding hydrogens is 216 g/mol. The molecule has 4 heteroatoms. The SMILES string of the molecule is CCOC(=O)C1CCCCN1c1ccccn1. The Hall–Kier alpha value is -1.58. The van der Waals surface area contributed by atoms with E-state index in [1.165, 1.54) is 0 Å². The first-order valence-corrected chi connectivity index (χ1v) is 6.17. The average molecular weight is 234 g/mol. The van der Waals surface area contributed by atoms with Crippen LogP contribution in [0.25, 0.3) is 0 Å². The molecule has 0 radical (unpaired) electrons. The van der Waals surface area contributed by atoms with Crippen LogP contribution in [0.3, 0.4) is 0 Å². The molecule has 0 N–H and O–H groups in total. The zero-order chi connectivity index (χ0) is 12.1. The highest BCUT2D eigenvalue weighted by Gasteiger charge is 2.30. The standard InChI is InChI=1S/C13H18N2O2/c1-2-17-13(16)11-7-4-6-10-15(11)12-8-3-5-9-14-12/h3,5,8-9,11H,2,4,6-7,10H2,1H3. The highest BCUT2D eigenvalue weighted by Crippen LogP contribution is 2.23. The van der Waals surface area contributed by atoms with Crippen molar-refractivity contribution in [3.63, 3.8) is 0 Å². The van der Waals surface area contributed by atoms with Crippen LogP contribution < -0.4 is 4.90 Å². The summed E-state index contributed by atoms with van der Waals surface area (Å²) in [5.74, 6) is 0.739. The summed E-state index contributed by atoms with van der Waals surface area (Å²) in [7, 11) is 0. The fourth-order valence-corrected chi connectivity index (χ4v) is 2.21. The smallest absolute Gasteiger partial charge is 0.328 e. The van der Waals surface area contributed by atoms with Gasteiger partial charge in [-0.05, 0) is 38.3 Å². The van der Waals surface area contributed by atoms with Gasteiger partial charge in [0, 0.05) is 12.7 Å². The summed E-state index contributed by atoms with van der Waals surface area (Å²) in [4.78, 5) is 18.3. The van der Waals surface area contributed by atoms with Crippen LogP contribution in [0, 0.1) is 0 Å². The van der Waals surface area contributed by atoms with Gasteiger partial charge in [-0.15, -0.1) is 0 Å². The van der Waals surface area contributed by atoms with Crippen LogP contribution in [0.5, 0.6) is 0 Å². The van der Waals surface area contributed by atoms with Crippen LogP contribution >= 0.6 is 0 Å². The number of esters is 1. The molecule has 1 fully saturated rings. The van der Waals surface area contributed by atoms with Crippen molar-refractivity contribution in [3.05, 3.63) is 24.4 Å². The van der Waals surface area contributed by atoms with E-state index in [4.69, 9.17) is 4.74 Å². The van der Waals surface area contributed by atoms with Crippen LogP contribution in [-0.4, -0.2) is 30.1 Å². The van der Waals surface area contributed by atoms with Crippen LogP contribution in [0.4, 0.5) is 5.82 Å². The van der Waals surface area contributed by atoms with Gasteiger partial charge < -0.3 is 9.64 Å². The molecule has 2 heterocycles. The van der Waals surface area contributed by atoms with E-state index in [0.717, 1.165) is 31.6 Å². The first kappa shape index (κ1) is 11.9. The van der Waals surface area contributed by atoms with E-state index in [1.54, 1.807) is 6.20 Å². The maximum atomic E-state index is 11.9. The highest BCUT2D eigenvalue weighted by molar-refractivity contribution is 5.79. The van der Waals surface area contributed by atoms with Crippen molar-refractivity contribution < 1.29 is 9.53 Å². The van der Waals surface area contributed by atoms with Gasteiger partial charge >= 0.3 is 5.97 Å². The van der Waals surface area contributed by atoms with Gasteiger partial charge in [0.15, 0.2) is 0 Å². The molecule has 92 valence electrons. The van der Waals surface area contributed by atoms with E-state index < -0.39 is 0 Å². The first-order valence-electron chi connectivity index (χ1n) is 6.17. The van der Waals surface area contributed by atoms with Gasteiger partial charge in [-0.25, -0.2) is 9.78 Å². The van der Waals surface area contributed by atoms with E-state index in [0.29, 0.717) is 6.61 Å². The number of hydrogen-bond donors (Lipinski definition) is 0. The van der Waals surface area contributed by atoms with E-state index in [9.17, 15) is 4.79 Å². The van der Waals surface area contributed by atoms with Crippen LogP contribution in [-0.2, 0) is 9.53 Å². The predicted molar refractivity (Wildman–Crippen MR) is 65.9 cm³/mol. The zero-order valence-electron chi connectivity index (χ0n) is 10.1. The number of carbonyl (C=O) groups excluding carboxylic acids is 1. The molecule has 0 bridgehead atoms. The lowest BCUT2D eigenvalue weighted by molar-refractivity contribution is -0.145. The van der Waals surface area contributed by atoms with Gasteiger partial charge in [-0.1, -0.05) is 6.07 Å². The average Bonchev–Trinajstić information content (AvgIpc) is 2.40. The minimum atomic E-state index is -0.168. The largest absolute Gasteiger partial charge is 0.464 e. The van der Waals surface area contributed by atoms with Gasteiger partial charge in [-0.2, -0.15) is 0 Å².